The first-order valence-corrected chi connectivity index (χ1v) is 9.46. The lowest BCUT2D eigenvalue weighted by Crippen LogP contribution is -2.39. The maximum atomic E-state index is 12.7. The van der Waals surface area contributed by atoms with Gasteiger partial charge in [0.15, 0.2) is 0 Å². The number of amides is 1. The number of nitrogens with one attached hydrogen (secondary N) is 1. The number of aromatic amines is 1. The predicted molar refractivity (Wildman–Crippen MR) is 103 cm³/mol. The Balaban J connectivity index is 1.50. The summed E-state index contributed by atoms with van der Waals surface area (Å²) in [4.78, 5) is 42.8. The Labute approximate surface area is 162 Å². The Morgan fingerprint density at radius 2 is 2.21 bits per heavy atom. The lowest BCUT2D eigenvalue weighted by atomic mass is 10.1. The number of hydrogen-bond donors (Lipinski definition) is 1. The molecule has 8 heteroatoms. The Hall–Kier alpha value is -3.29. The van der Waals surface area contributed by atoms with E-state index in [-0.39, 0.29) is 11.5 Å². The number of H-pyrrole nitrogens is 1. The van der Waals surface area contributed by atoms with E-state index in [9.17, 15) is 9.59 Å². The van der Waals surface area contributed by atoms with Crippen LogP contribution in [-0.2, 0) is 30.7 Å². The molecule has 8 nitrogen and oxygen atoms in total. The van der Waals surface area contributed by atoms with Crippen molar-refractivity contribution in [1.29, 1.82) is 0 Å². The molecule has 3 aromatic heterocycles. The number of rotatable bonds is 5. The van der Waals surface area contributed by atoms with Gasteiger partial charge in [0.2, 0.25) is 5.91 Å². The van der Waals surface area contributed by atoms with Crippen molar-refractivity contribution in [2.45, 2.75) is 39.3 Å². The summed E-state index contributed by atoms with van der Waals surface area (Å²) in [6, 6.07) is 3.64. The van der Waals surface area contributed by atoms with Crippen LogP contribution in [0.4, 0.5) is 0 Å². The van der Waals surface area contributed by atoms with Gasteiger partial charge >= 0.3 is 0 Å². The van der Waals surface area contributed by atoms with E-state index in [4.69, 9.17) is 0 Å². The minimum atomic E-state index is -0.137. The molecule has 144 valence electrons. The van der Waals surface area contributed by atoms with E-state index in [0.29, 0.717) is 49.6 Å². The van der Waals surface area contributed by atoms with Gasteiger partial charge in [-0.25, -0.2) is 9.97 Å². The molecule has 0 spiro atoms. The summed E-state index contributed by atoms with van der Waals surface area (Å²) in [5.74, 6) is 1.52. The summed E-state index contributed by atoms with van der Waals surface area (Å²) in [5.41, 5.74) is 1.94. The highest BCUT2D eigenvalue weighted by Crippen LogP contribution is 2.19. The molecule has 0 bridgehead atoms. The lowest BCUT2D eigenvalue weighted by Gasteiger charge is -2.28. The number of hydrogen-bond acceptors (Lipinski definition) is 5. The Morgan fingerprint density at radius 1 is 1.32 bits per heavy atom. The zero-order chi connectivity index (χ0) is 19.5. The van der Waals surface area contributed by atoms with Crippen LogP contribution in [0.15, 0.2) is 41.7 Å². The first-order valence-electron chi connectivity index (χ1n) is 9.46. The minimum Gasteiger partial charge on any atom is -0.336 e. The molecule has 0 saturated heterocycles. The fourth-order valence-corrected chi connectivity index (χ4v) is 3.52. The third-order valence-electron chi connectivity index (χ3n) is 5.05. The number of aryl methyl sites for hydroxylation is 2. The Kier molecular flexibility index (Phi) is 5.01. The molecule has 0 saturated carbocycles. The molecular weight excluding hydrogens is 356 g/mol. The number of aromatic nitrogens is 5. The molecule has 3 aromatic rings. The van der Waals surface area contributed by atoms with E-state index in [0.717, 1.165) is 17.8 Å². The second kappa shape index (κ2) is 7.75. The molecule has 1 aliphatic rings. The van der Waals surface area contributed by atoms with Crippen LogP contribution in [0.5, 0.6) is 0 Å². The molecule has 0 radical (unpaired) electrons. The standard InChI is InChI=1S/C20H22N6O2/c1-2-17-22-8-11-25(17)10-6-18(27)26-9-5-15-16(13-26)23-19(24-20(15)28)14-4-3-7-21-12-14/h3-4,7-8,11-12H,2,5-6,9-10,13H2,1H3,(H,23,24,28). The minimum absolute atomic E-state index is 0.0615. The number of pyridine rings is 1. The van der Waals surface area contributed by atoms with Crippen molar-refractivity contribution in [3.8, 4) is 11.4 Å². The van der Waals surface area contributed by atoms with Gasteiger partial charge in [0.1, 0.15) is 11.6 Å². The van der Waals surface area contributed by atoms with E-state index < -0.39 is 0 Å². The molecule has 4 heterocycles. The predicted octanol–water partition coefficient (Wildman–Crippen LogP) is 1.57. The van der Waals surface area contributed by atoms with Gasteiger partial charge in [0, 0.05) is 61.8 Å². The van der Waals surface area contributed by atoms with Crippen LogP contribution < -0.4 is 5.56 Å². The Bertz CT molecular complexity index is 1040. The van der Waals surface area contributed by atoms with E-state index in [1.54, 1.807) is 29.6 Å². The summed E-state index contributed by atoms with van der Waals surface area (Å²) >= 11 is 0. The number of nitrogens with zero attached hydrogens (tertiary/aromatic N) is 5. The summed E-state index contributed by atoms with van der Waals surface area (Å²) in [5, 5.41) is 0. The summed E-state index contributed by atoms with van der Waals surface area (Å²) in [7, 11) is 0. The van der Waals surface area contributed by atoms with Crippen molar-refractivity contribution in [3.63, 3.8) is 0 Å². The zero-order valence-corrected chi connectivity index (χ0v) is 15.8. The van der Waals surface area contributed by atoms with Crippen molar-refractivity contribution < 1.29 is 4.79 Å². The van der Waals surface area contributed by atoms with E-state index in [1.165, 1.54) is 0 Å². The molecule has 0 aromatic carbocycles. The number of fused-ring (bicyclic) bond motifs is 1. The summed E-state index contributed by atoms with van der Waals surface area (Å²) in [6.45, 7) is 3.55. The highest BCUT2D eigenvalue weighted by Gasteiger charge is 2.24. The maximum absolute atomic E-state index is 12.7. The SMILES string of the molecule is CCc1nccn1CCC(=O)N1CCc2c(nc(-c3cccnc3)[nH]c2=O)C1. The smallest absolute Gasteiger partial charge is 0.254 e. The van der Waals surface area contributed by atoms with E-state index >= 15 is 0 Å². The van der Waals surface area contributed by atoms with Crippen LogP contribution >= 0.6 is 0 Å². The van der Waals surface area contributed by atoms with Crippen LogP contribution in [0.25, 0.3) is 11.4 Å². The highest BCUT2D eigenvalue weighted by molar-refractivity contribution is 5.76. The van der Waals surface area contributed by atoms with Crippen molar-refractivity contribution >= 4 is 5.91 Å². The maximum Gasteiger partial charge on any atom is 0.254 e. The molecule has 4 rings (SSSR count). The third kappa shape index (κ3) is 3.58. The first-order chi connectivity index (χ1) is 13.7. The van der Waals surface area contributed by atoms with Crippen LogP contribution in [0.1, 0.15) is 30.4 Å². The first kappa shape index (κ1) is 18.1. The monoisotopic (exact) mass is 378 g/mol. The van der Waals surface area contributed by atoms with Gasteiger partial charge in [-0.2, -0.15) is 0 Å². The zero-order valence-electron chi connectivity index (χ0n) is 15.8. The largest absolute Gasteiger partial charge is 0.336 e. The van der Waals surface area contributed by atoms with Crippen LogP contribution in [0.2, 0.25) is 0 Å². The summed E-state index contributed by atoms with van der Waals surface area (Å²) in [6.07, 6.45) is 8.74. The highest BCUT2D eigenvalue weighted by atomic mass is 16.2. The second-order valence-electron chi connectivity index (χ2n) is 6.79. The third-order valence-corrected chi connectivity index (χ3v) is 5.05. The number of imidazole rings is 1. The normalized spacial score (nSPS) is 13.4. The van der Waals surface area contributed by atoms with Gasteiger partial charge in [-0.15, -0.1) is 0 Å². The quantitative estimate of drug-likeness (QED) is 0.727. The van der Waals surface area contributed by atoms with Crippen LogP contribution in [0, 0.1) is 0 Å². The molecule has 1 aliphatic heterocycles. The average molecular weight is 378 g/mol. The second-order valence-corrected chi connectivity index (χ2v) is 6.79. The van der Waals surface area contributed by atoms with Gasteiger partial charge in [-0.05, 0) is 18.6 Å². The molecule has 0 unspecified atom stereocenters. The molecule has 28 heavy (non-hydrogen) atoms. The van der Waals surface area contributed by atoms with Crippen LogP contribution in [-0.4, -0.2) is 41.9 Å². The number of carbonyl (C=O) groups excluding carboxylic acids is 1. The molecular formula is C20H22N6O2. The van der Waals surface area contributed by atoms with Gasteiger partial charge in [-0.3, -0.25) is 14.6 Å². The summed E-state index contributed by atoms with van der Waals surface area (Å²) < 4.78 is 2.01. The molecule has 1 N–H and O–H groups in total. The van der Waals surface area contributed by atoms with E-state index in [2.05, 4.69) is 19.9 Å². The van der Waals surface area contributed by atoms with E-state index in [1.807, 2.05) is 23.8 Å². The average Bonchev–Trinajstić information content (AvgIpc) is 3.19. The van der Waals surface area contributed by atoms with Crippen molar-refractivity contribution in [1.82, 2.24) is 29.4 Å². The van der Waals surface area contributed by atoms with Gasteiger partial charge < -0.3 is 14.5 Å². The van der Waals surface area contributed by atoms with Crippen molar-refractivity contribution in [3.05, 3.63) is 64.4 Å². The van der Waals surface area contributed by atoms with Gasteiger partial charge in [0.25, 0.3) is 5.56 Å². The fraction of sp³-hybridized carbons (Fsp3) is 0.350. The van der Waals surface area contributed by atoms with Crippen LogP contribution in [0.3, 0.4) is 0 Å². The Morgan fingerprint density at radius 3 is 3.00 bits per heavy atom. The molecule has 1 amide bonds. The molecule has 0 atom stereocenters. The molecule has 0 fully saturated rings. The van der Waals surface area contributed by atoms with Gasteiger partial charge in [-0.1, -0.05) is 6.92 Å². The number of carbonyl (C=O) groups is 1. The van der Waals surface area contributed by atoms with Crippen molar-refractivity contribution in [2.24, 2.45) is 0 Å². The van der Waals surface area contributed by atoms with Crippen molar-refractivity contribution in [2.75, 3.05) is 6.54 Å². The molecule has 0 aliphatic carbocycles. The lowest BCUT2D eigenvalue weighted by molar-refractivity contribution is -0.132. The topological polar surface area (TPSA) is 96.8 Å². The van der Waals surface area contributed by atoms with Gasteiger partial charge in [0.05, 0.1) is 12.2 Å². The fourth-order valence-electron chi connectivity index (χ4n) is 3.52.